The van der Waals surface area contributed by atoms with Gasteiger partial charge in [0.25, 0.3) is 6.43 Å². The number of piperazine rings is 1. The predicted molar refractivity (Wildman–Crippen MR) is 69.6 cm³/mol. The smallest absolute Gasteiger partial charge is 0.314 e. The molecule has 0 amide bonds. The van der Waals surface area contributed by atoms with Gasteiger partial charge in [-0.15, -0.1) is 0 Å². The molecule has 24 heavy (non-hydrogen) atoms. The molecule has 1 saturated heterocycles. The number of halogens is 8. The van der Waals surface area contributed by atoms with E-state index in [2.05, 4.69) is 5.32 Å². The zero-order valence-corrected chi connectivity index (χ0v) is 12.2. The van der Waals surface area contributed by atoms with E-state index in [1.807, 2.05) is 0 Å². The Morgan fingerprint density at radius 3 is 1.96 bits per heavy atom. The molecule has 1 fully saturated rings. The van der Waals surface area contributed by atoms with Gasteiger partial charge in [0.05, 0.1) is 17.2 Å². The molecular weight excluding hydrogens is 348 g/mol. The third-order valence-electron chi connectivity index (χ3n) is 3.79. The van der Waals surface area contributed by atoms with Crippen molar-refractivity contribution in [3.8, 4) is 0 Å². The van der Waals surface area contributed by atoms with Crippen LogP contribution in [0.15, 0.2) is 18.2 Å². The van der Waals surface area contributed by atoms with Crippen molar-refractivity contribution in [1.82, 2.24) is 10.2 Å². The average molecular weight is 362 g/mol. The molecule has 0 spiro atoms. The fourth-order valence-corrected chi connectivity index (χ4v) is 2.69. The molecule has 1 heterocycles. The lowest BCUT2D eigenvalue weighted by Gasteiger charge is -2.35. The molecule has 0 aromatic heterocycles. The van der Waals surface area contributed by atoms with E-state index in [9.17, 15) is 35.1 Å². The van der Waals surface area contributed by atoms with E-state index in [4.69, 9.17) is 0 Å². The third-order valence-corrected chi connectivity index (χ3v) is 3.79. The van der Waals surface area contributed by atoms with Crippen molar-refractivity contribution >= 4 is 0 Å². The highest BCUT2D eigenvalue weighted by Gasteiger charge is 2.42. The van der Waals surface area contributed by atoms with E-state index in [0.29, 0.717) is 25.2 Å². The Kier molecular flexibility index (Phi) is 5.38. The van der Waals surface area contributed by atoms with Gasteiger partial charge in [0.1, 0.15) is 0 Å². The van der Waals surface area contributed by atoms with E-state index < -0.39 is 41.5 Å². The molecule has 0 aliphatic carbocycles. The maximum Gasteiger partial charge on any atom is 0.416 e. The number of alkyl halides is 8. The van der Waals surface area contributed by atoms with Crippen molar-refractivity contribution in [1.29, 1.82) is 0 Å². The molecular formula is C14H14F8N2. The number of hydrogen-bond acceptors (Lipinski definition) is 2. The van der Waals surface area contributed by atoms with Crippen molar-refractivity contribution in [2.24, 2.45) is 0 Å². The summed E-state index contributed by atoms with van der Waals surface area (Å²) in [6.45, 7) is 0.775. The highest BCUT2D eigenvalue weighted by molar-refractivity contribution is 5.38. The molecule has 2 nitrogen and oxygen atoms in total. The standard InChI is InChI=1S/C14H14F8N2/c15-12(16)11(24-5-3-23-4-6-24)9-2-1-8(13(17,18)19)7-10(9)14(20,21)22/h1-2,7,11-12,23H,3-6H2/t11-/m1/s1. The average Bonchev–Trinajstić information content (AvgIpc) is 2.46. The van der Waals surface area contributed by atoms with Gasteiger partial charge in [-0.1, -0.05) is 6.07 Å². The first kappa shape index (κ1) is 18.9. The van der Waals surface area contributed by atoms with Gasteiger partial charge in [-0.3, -0.25) is 4.90 Å². The third kappa shape index (κ3) is 4.15. The van der Waals surface area contributed by atoms with Crippen LogP contribution < -0.4 is 5.32 Å². The number of benzene rings is 1. The highest BCUT2D eigenvalue weighted by atomic mass is 19.4. The largest absolute Gasteiger partial charge is 0.416 e. The molecule has 1 atom stereocenters. The SMILES string of the molecule is FC(F)[C@@H](c1ccc(C(F)(F)F)cc1C(F)(F)F)N1CCNCC1. The summed E-state index contributed by atoms with van der Waals surface area (Å²) in [5, 5.41) is 2.88. The summed E-state index contributed by atoms with van der Waals surface area (Å²) in [5.41, 5.74) is -4.04. The monoisotopic (exact) mass is 362 g/mol. The van der Waals surface area contributed by atoms with E-state index in [1.54, 1.807) is 0 Å². The highest BCUT2D eigenvalue weighted by Crippen LogP contribution is 2.41. The van der Waals surface area contributed by atoms with Crippen LogP contribution in [0.2, 0.25) is 0 Å². The molecule has 136 valence electrons. The van der Waals surface area contributed by atoms with Crippen LogP contribution in [0.3, 0.4) is 0 Å². The number of rotatable bonds is 3. The second-order valence-electron chi connectivity index (χ2n) is 5.36. The van der Waals surface area contributed by atoms with Gasteiger partial charge in [0.15, 0.2) is 0 Å². The number of nitrogens with zero attached hydrogens (tertiary/aromatic N) is 1. The van der Waals surface area contributed by atoms with Gasteiger partial charge >= 0.3 is 12.4 Å². The molecule has 1 aromatic rings. The lowest BCUT2D eigenvalue weighted by Crippen LogP contribution is -2.47. The number of hydrogen-bond donors (Lipinski definition) is 1. The predicted octanol–water partition coefficient (Wildman–Crippen LogP) is 3.94. The lowest BCUT2D eigenvalue weighted by molar-refractivity contribution is -0.144. The van der Waals surface area contributed by atoms with Crippen molar-refractivity contribution in [2.45, 2.75) is 24.8 Å². The molecule has 0 radical (unpaired) electrons. The maximum atomic E-state index is 13.4. The first-order valence-electron chi connectivity index (χ1n) is 7.03. The van der Waals surface area contributed by atoms with E-state index >= 15 is 0 Å². The first-order valence-corrected chi connectivity index (χ1v) is 7.03. The van der Waals surface area contributed by atoms with Gasteiger partial charge < -0.3 is 5.32 Å². The normalized spacial score (nSPS) is 18.9. The van der Waals surface area contributed by atoms with Crippen LogP contribution in [-0.4, -0.2) is 37.5 Å². The van der Waals surface area contributed by atoms with Crippen molar-refractivity contribution in [3.63, 3.8) is 0 Å². The zero-order chi connectivity index (χ0) is 18.1. The molecule has 0 unspecified atom stereocenters. The molecule has 10 heteroatoms. The molecule has 1 aliphatic rings. The topological polar surface area (TPSA) is 15.3 Å². The Hall–Kier alpha value is -1.42. The van der Waals surface area contributed by atoms with Crippen LogP contribution in [0.1, 0.15) is 22.7 Å². The Labute approximate surface area is 132 Å². The summed E-state index contributed by atoms with van der Waals surface area (Å²) in [5.74, 6) is 0. The summed E-state index contributed by atoms with van der Waals surface area (Å²) in [7, 11) is 0. The summed E-state index contributed by atoms with van der Waals surface area (Å²) in [4.78, 5) is 1.15. The van der Waals surface area contributed by atoms with E-state index in [-0.39, 0.29) is 19.2 Å². The summed E-state index contributed by atoms with van der Waals surface area (Å²) in [6, 6.07) is -1.11. The molecule has 1 aliphatic heterocycles. The van der Waals surface area contributed by atoms with Crippen LogP contribution in [0.25, 0.3) is 0 Å². The summed E-state index contributed by atoms with van der Waals surface area (Å²) in [6.07, 6.45) is -13.3. The second kappa shape index (κ2) is 6.83. The van der Waals surface area contributed by atoms with Gasteiger partial charge in [0.2, 0.25) is 0 Å². The van der Waals surface area contributed by atoms with Crippen molar-refractivity contribution in [3.05, 3.63) is 34.9 Å². The summed E-state index contributed by atoms with van der Waals surface area (Å²) < 4.78 is 104. The molecule has 1 aromatic carbocycles. The molecule has 0 bridgehead atoms. The fraction of sp³-hybridized carbons (Fsp3) is 0.571. The minimum Gasteiger partial charge on any atom is -0.314 e. The second-order valence-corrected chi connectivity index (χ2v) is 5.36. The van der Waals surface area contributed by atoms with Gasteiger partial charge in [-0.25, -0.2) is 8.78 Å². The van der Waals surface area contributed by atoms with Gasteiger partial charge in [-0.05, 0) is 17.7 Å². The minimum atomic E-state index is -5.17. The first-order chi connectivity index (χ1) is 11.0. The number of nitrogens with one attached hydrogen (secondary N) is 1. The van der Waals surface area contributed by atoms with Crippen LogP contribution >= 0.6 is 0 Å². The fourth-order valence-electron chi connectivity index (χ4n) is 2.69. The van der Waals surface area contributed by atoms with Crippen LogP contribution in [0.5, 0.6) is 0 Å². The van der Waals surface area contributed by atoms with E-state index in [0.717, 1.165) is 4.90 Å². The van der Waals surface area contributed by atoms with E-state index in [1.165, 1.54) is 0 Å². The van der Waals surface area contributed by atoms with Crippen molar-refractivity contribution in [2.75, 3.05) is 26.2 Å². The summed E-state index contributed by atoms with van der Waals surface area (Å²) >= 11 is 0. The van der Waals surface area contributed by atoms with Crippen LogP contribution in [-0.2, 0) is 12.4 Å². The van der Waals surface area contributed by atoms with Gasteiger partial charge in [0, 0.05) is 26.2 Å². The maximum absolute atomic E-state index is 13.4. The molecule has 2 rings (SSSR count). The minimum absolute atomic E-state index is 0.0767. The molecule has 0 saturated carbocycles. The van der Waals surface area contributed by atoms with Crippen LogP contribution in [0.4, 0.5) is 35.1 Å². The molecule has 1 N–H and O–H groups in total. The quantitative estimate of drug-likeness (QED) is 0.820. The Bertz CT molecular complexity index is 561. The Morgan fingerprint density at radius 2 is 1.50 bits per heavy atom. The van der Waals surface area contributed by atoms with Gasteiger partial charge in [-0.2, -0.15) is 26.3 Å². The van der Waals surface area contributed by atoms with Crippen molar-refractivity contribution < 1.29 is 35.1 Å². The Morgan fingerprint density at radius 1 is 0.917 bits per heavy atom. The zero-order valence-electron chi connectivity index (χ0n) is 12.2. The van der Waals surface area contributed by atoms with Crippen LogP contribution in [0, 0.1) is 0 Å². The lowest BCUT2D eigenvalue weighted by atomic mass is 9.95. The Balaban J connectivity index is 2.53.